The molecule has 31 heavy (non-hydrogen) atoms. The second kappa shape index (κ2) is 10.6. The summed E-state index contributed by atoms with van der Waals surface area (Å²) in [6, 6.07) is 15.5. The quantitative estimate of drug-likeness (QED) is 0.358. The third kappa shape index (κ3) is 5.61. The lowest BCUT2D eigenvalue weighted by Crippen LogP contribution is -2.11. The Morgan fingerprint density at radius 2 is 1.74 bits per heavy atom. The molecule has 0 atom stereocenters. The van der Waals surface area contributed by atoms with Gasteiger partial charge in [0.15, 0.2) is 0 Å². The zero-order chi connectivity index (χ0) is 22.2. The van der Waals surface area contributed by atoms with E-state index >= 15 is 0 Å². The number of nitrogens with one attached hydrogen (secondary N) is 1. The number of esters is 1. The van der Waals surface area contributed by atoms with Crippen LogP contribution in [0.5, 0.6) is 5.75 Å². The van der Waals surface area contributed by atoms with Crippen molar-refractivity contribution in [1.29, 1.82) is 0 Å². The number of anilines is 1. The number of carbonyl (C=O) groups excluding carboxylic acids is 2. The van der Waals surface area contributed by atoms with Gasteiger partial charge in [-0.2, -0.15) is 0 Å². The van der Waals surface area contributed by atoms with Crippen molar-refractivity contribution in [3.63, 3.8) is 0 Å². The van der Waals surface area contributed by atoms with E-state index in [0.29, 0.717) is 17.2 Å². The van der Waals surface area contributed by atoms with E-state index in [9.17, 15) is 9.59 Å². The van der Waals surface area contributed by atoms with Gasteiger partial charge in [0.2, 0.25) is 5.91 Å². The average molecular weight is 436 g/mol. The van der Waals surface area contributed by atoms with E-state index in [1.54, 1.807) is 6.08 Å². The van der Waals surface area contributed by atoms with Crippen molar-refractivity contribution < 1.29 is 19.1 Å². The zero-order valence-electron chi connectivity index (χ0n) is 17.8. The predicted molar refractivity (Wildman–Crippen MR) is 126 cm³/mol. The van der Waals surface area contributed by atoms with Crippen molar-refractivity contribution in [1.82, 2.24) is 0 Å². The Bertz CT molecular complexity index is 1070. The maximum atomic E-state index is 12.5. The summed E-state index contributed by atoms with van der Waals surface area (Å²) >= 11 is 1.30. The average Bonchev–Trinajstić information content (AvgIpc) is 3.21. The van der Waals surface area contributed by atoms with Crippen LogP contribution in [0.25, 0.3) is 17.2 Å². The molecule has 160 valence electrons. The first-order chi connectivity index (χ1) is 15.0. The minimum atomic E-state index is -0.485. The normalized spacial score (nSPS) is 10.8. The SMILES string of the molecule is CCOc1ccc(/C=C/C(=O)Nc2scc(-c3ccc(CC)cc3)c2C(=O)OC)cc1. The minimum Gasteiger partial charge on any atom is -0.494 e. The fourth-order valence-corrected chi connectivity index (χ4v) is 4.01. The topological polar surface area (TPSA) is 64.6 Å². The summed E-state index contributed by atoms with van der Waals surface area (Å²) in [6.07, 6.45) is 4.09. The van der Waals surface area contributed by atoms with E-state index in [1.165, 1.54) is 30.1 Å². The molecular formula is C25H25NO4S. The summed E-state index contributed by atoms with van der Waals surface area (Å²) in [7, 11) is 1.33. The number of aryl methyl sites for hydroxylation is 1. The molecular weight excluding hydrogens is 410 g/mol. The summed E-state index contributed by atoms with van der Waals surface area (Å²) in [5.74, 6) is -0.0275. The standard InChI is InChI=1S/C25H25NO4S/c1-4-17-6-11-19(12-7-17)21-16-31-24(23(21)25(28)29-3)26-22(27)15-10-18-8-13-20(14-9-18)30-5-2/h6-16H,4-5H2,1-3H3,(H,26,27)/b15-10+. The van der Waals surface area contributed by atoms with Crippen molar-refractivity contribution in [3.8, 4) is 16.9 Å². The molecule has 0 fully saturated rings. The summed E-state index contributed by atoms with van der Waals surface area (Å²) in [5.41, 5.74) is 4.09. The van der Waals surface area contributed by atoms with Gasteiger partial charge in [0.05, 0.1) is 13.7 Å². The summed E-state index contributed by atoms with van der Waals surface area (Å²) in [6.45, 7) is 4.62. The van der Waals surface area contributed by atoms with Crippen LogP contribution in [0.3, 0.4) is 0 Å². The van der Waals surface area contributed by atoms with Gasteiger partial charge in [0.1, 0.15) is 16.3 Å². The lowest BCUT2D eigenvalue weighted by atomic mass is 10.0. The van der Waals surface area contributed by atoms with Crippen LogP contribution in [0, 0.1) is 0 Å². The number of ether oxygens (including phenoxy) is 2. The smallest absolute Gasteiger partial charge is 0.341 e. The van der Waals surface area contributed by atoms with Gasteiger partial charge >= 0.3 is 5.97 Å². The van der Waals surface area contributed by atoms with Gasteiger partial charge in [-0.25, -0.2) is 4.79 Å². The Morgan fingerprint density at radius 3 is 2.35 bits per heavy atom. The van der Waals surface area contributed by atoms with Crippen molar-refractivity contribution in [3.05, 3.63) is 76.7 Å². The zero-order valence-corrected chi connectivity index (χ0v) is 18.6. The van der Waals surface area contributed by atoms with Crippen LogP contribution < -0.4 is 10.1 Å². The maximum Gasteiger partial charge on any atom is 0.341 e. The van der Waals surface area contributed by atoms with Gasteiger partial charge in [0, 0.05) is 17.0 Å². The number of thiophene rings is 1. The fourth-order valence-electron chi connectivity index (χ4n) is 3.05. The third-order valence-corrected chi connectivity index (χ3v) is 5.60. The van der Waals surface area contributed by atoms with E-state index in [0.717, 1.165) is 28.9 Å². The lowest BCUT2D eigenvalue weighted by molar-refractivity contribution is -0.111. The Balaban J connectivity index is 1.79. The summed E-state index contributed by atoms with van der Waals surface area (Å²) in [4.78, 5) is 24.9. The number of hydrogen-bond acceptors (Lipinski definition) is 5. The molecule has 0 spiro atoms. The molecule has 0 aliphatic heterocycles. The highest BCUT2D eigenvalue weighted by Crippen LogP contribution is 2.36. The summed E-state index contributed by atoms with van der Waals surface area (Å²) < 4.78 is 10.4. The van der Waals surface area contributed by atoms with Crippen LogP contribution >= 0.6 is 11.3 Å². The Labute approximate surface area is 186 Å². The number of rotatable bonds is 8. The summed E-state index contributed by atoms with van der Waals surface area (Å²) in [5, 5.41) is 5.13. The highest BCUT2D eigenvalue weighted by atomic mass is 32.1. The molecule has 1 N–H and O–H groups in total. The molecule has 6 heteroatoms. The van der Waals surface area contributed by atoms with E-state index < -0.39 is 5.97 Å². The van der Waals surface area contributed by atoms with Crippen LogP contribution in [0.4, 0.5) is 5.00 Å². The number of carbonyl (C=O) groups is 2. The molecule has 0 aliphatic rings. The number of methoxy groups -OCH3 is 1. The third-order valence-electron chi connectivity index (χ3n) is 4.71. The van der Waals surface area contributed by atoms with Crippen LogP contribution in [0.1, 0.15) is 35.3 Å². The largest absolute Gasteiger partial charge is 0.494 e. The molecule has 3 rings (SSSR count). The van der Waals surface area contributed by atoms with Gasteiger partial charge in [-0.15, -0.1) is 11.3 Å². The molecule has 1 aromatic heterocycles. The number of hydrogen-bond donors (Lipinski definition) is 1. The van der Waals surface area contributed by atoms with Gasteiger partial charge < -0.3 is 14.8 Å². The minimum absolute atomic E-state index is 0.325. The van der Waals surface area contributed by atoms with E-state index in [4.69, 9.17) is 9.47 Å². The molecule has 3 aromatic rings. The Kier molecular flexibility index (Phi) is 7.62. The molecule has 0 bridgehead atoms. The van der Waals surface area contributed by atoms with Crippen molar-refractivity contribution >= 4 is 34.3 Å². The number of amides is 1. The molecule has 2 aromatic carbocycles. The first kappa shape index (κ1) is 22.3. The maximum absolute atomic E-state index is 12.5. The second-order valence-electron chi connectivity index (χ2n) is 6.72. The van der Waals surface area contributed by atoms with E-state index in [2.05, 4.69) is 12.2 Å². The monoisotopic (exact) mass is 435 g/mol. The molecule has 1 heterocycles. The molecule has 0 aliphatic carbocycles. The van der Waals surface area contributed by atoms with Gasteiger partial charge in [-0.05, 0) is 48.2 Å². The van der Waals surface area contributed by atoms with E-state index in [1.807, 2.05) is 60.8 Å². The highest BCUT2D eigenvalue weighted by molar-refractivity contribution is 7.15. The molecule has 1 amide bonds. The second-order valence-corrected chi connectivity index (χ2v) is 7.60. The van der Waals surface area contributed by atoms with Crippen LogP contribution in [0.15, 0.2) is 60.0 Å². The predicted octanol–water partition coefficient (Wildman–Crippen LogP) is 5.81. The highest BCUT2D eigenvalue weighted by Gasteiger charge is 2.21. The van der Waals surface area contributed by atoms with Crippen molar-refractivity contribution in [2.75, 3.05) is 19.0 Å². The first-order valence-corrected chi connectivity index (χ1v) is 10.9. The lowest BCUT2D eigenvalue weighted by Gasteiger charge is -2.07. The van der Waals surface area contributed by atoms with Crippen LogP contribution in [0.2, 0.25) is 0 Å². The molecule has 0 saturated heterocycles. The van der Waals surface area contributed by atoms with Crippen molar-refractivity contribution in [2.24, 2.45) is 0 Å². The Morgan fingerprint density at radius 1 is 1.03 bits per heavy atom. The van der Waals surface area contributed by atoms with Crippen LogP contribution in [-0.4, -0.2) is 25.6 Å². The molecule has 5 nitrogen and oxygen atoms in total. The van der Waals surface area contributed by atoms with Gasteiger partial charge in [-0.3, -0.25) is 4.79 Å². The Hall–Kier alpha value is -3.38. The first-order valence-electron chi connectivity index (χ1n) is 10.1. The van der Waals surface area contributed by atoms with Crippen molar-refractivity contribution in [2.45, 2.75) is 20.3 Å². The molecule has 0 saturated carbocycles. The van der Waals surface area contributed by atoms with E-state index in [-0.39, 0.29) is 5.91 Å². The number of benzene rings is 2. The molecule has 0 unspecified atom stereocenters. The van der Waals surface area contributed by atoms with Crippen LogP contribution in [-0.2, 0) is 16.0 Å². The van der Waals surface area contributed by atoms with Gasteiger partial charge in [0.25, 0.3) is 0 Å². The fraction of sp³-hybridized carbons (Fsp3) is 0.200. The molecule has 0 radical (unpaired) electrons. The van der Waals surface area contributed by atoms with Gasteiger partial charge in [-0.1, -0.05) is 43.3 Å².